The molecule has 2 atom stereocenters. The lowest BCUT2D eigenvalue weighted by atomic mass is 9.85. The Morgan fingerprint density at radius 3 is 2.60 bits per heavy atom. The van der Waals surface area contributed by atoms with Gasteiger partial charge in [-0.3, -0.25) is 4.79 Å². The zero-order chi connectivity index (χ0) is 16.8. The van der Waals surface area contributed by atoms with E-state index in [9.17, 15) is 9.18 Å². The highest BCUT2D eigenvalue weighted by molar-refractivity contribution is 5.94. The highest BCUT2D eigenvalue weighted by atomic mass is 35.5. The van der Waals surface area contributed by atoms with E-state index in [2.05, 4.69) is 22.9 Å². The van der Waals surface area contributed by atoms with E-state index in [0.29, 0.717) is 23.9 Å². The monoisotopic (exact) mass is 393 g/mol. The lowest BCUT2D eigenvalue weighted by Crippen LogP contribution is -2.34. The molecule has 1 saturated heterocycles. The Bertz CT molecular complexity index is 537. The molecule has 1 amide bonds. The van der Waals surface area contributed by atoms with Gasteiger partial charge in [-0.2, -0.15) is 0 Å². The van der Waals surface area contributed by atoms with Crippen molar-refractivity contribution in [3.05, 3.63) is 24.0 Å². The minimum Gasteiger partial charge on any atom is -0.381 e. The molecule has 0 spiro atoms. The second kappa shape index (κ2) is 11.6. The lowest BCUT2D eigenvalue weighted by molar-refractivity contribution is -0.117. The Balaban J connectivity index is 0.00000288. The van der Waals surface area contributed by atoms with E-state index >= 15 is 0 Å². The fourth-order valence-electron chi connectivity index (χ4n) is 3.08. The Morgan fingerprint density at radius 2 is 2.00 bits per heavy atom. The van der Waals surface area contributed by atoms with Crippen molar-refractivity contribution in [3.63, 3.8) is 0 Å². The molecule has 1 aromatic rings. The molecule has 0 saturated carbocycles. The standard InChI is InChI=1S/C18H28FN3O.2ClH/c1-12(2)21-16-7-6-15(19)10-17(16)22-18(23)9-13(3)14-5-4-8-20-11-14;;/h6-7,10,12-14,20-21H,4-5,8-9,11H2,1-3H3,(H,22,23);2*1H. The quantitative estimate of drug-likeness (QED) is 0.668. The van der Waals surface area contributed by atoms with Crippen LogP contribution < -0.4 is 16.0 Å². The second-order valence-electron chi connectivity index (χ2n) is 6.82. The van der Waals surface area contributed by atoms with Gasteiger partial charge in [-0.1, -0.05) is 6.92 Å². The fourth-order valence-corrected chi connectivity index (χ4v) is 3.08. The second-order valence-corrected chi connectivity index (χ2v) is 6.82. The molecular weight excluding hydrogens is 364 g/mol. The molecule has 1 aliphatic rings. The molecule has 4 nitrogen and oxygen atoms in total. The van der Waals surface area contributed by atoms with Crippen LogP contribution in [0, 0.1) is 17.7 Å². The van der Waals surface area contributed by atoms with Gasteiger partial charge in [0.1, 0.15) is 5.82 Å². The molecule has 1 aliphatic heterocycles. The largest absolute Gasteiger partial charge is 0.381 e. The number of halogens is 3. The number of nitrogens with one attached hydrogen (secondary N) is 3. The third-order valence-corrected chi connectivity index (χ3v) is 4.35. The number of benzene rings is 1. The maximum atomic E-state index is 13.5. The predicted molar refractivity (Wildman–Crippen MR) is 108 cm³/mol. The van der Waals surface area contributed by atoms with Crippen LogP contribution in [0.1, 0.15) is 40.0 Å². The molecular formula is C18H30Cl2FN3O. The van der Waals surface area contributed by atoms with E-state index < -0.39 is 0 Å². The molecule has 3 N–H and O–H groups in total. The van der Waals surface area contributed by atoms with Crippen LogP contribution in [0.25, 0.3) is 0 Å². The van der Waals surface area contributed by atoms with Crippen molar-refractivity contribution in [1.82, 2.24) is 5.32 Å². The van der Waals surface area contributed by atoms with Gasteiger partial charge in [-0.05, 0) is 69.8 Å². The lowest BCUT2D eigenvalue weighted by Gasteiger charge is -2.28. The summed E-state index contributed by atoms with van der Waals surface area (Å²) in [5, 5.41) is 9.48. The number of amides is 1. The van der Waals surface area contributed by atoms with Crippen LogP contribution in [-0.4, -0.2) is 25.0 Å². The van der Waals surface area contributed by atoms with Crippen molar-refractivity contribution in [1.29, 1.82) is 0 Å². The number of hydrogen-bond acceptors (Lipinski definition) is 3. The minimum atomic E-state index is -0.348. The molecule has 144 valence electrons. The van der Waals surface area contributed by atoms with Crippen LogP contribution in [-0.2, 0) is 4.79 Å². The molecule has 2 rings (SSSR count). The number of carbonyl (C=O) groups is 1. The summed E-state index contributed by atoms with van der Waals surface area (Å²) in [6, 6.07) is 4.65. The maximum Gasteiger partial charge on any atom is 0.224 e. The van der Waals surface area contributed by atoms with Crippen LogP contribution in [0.3, 0.4) is 0 Å². The average molecular weight is 394 g/mol. The molecule has 0 radical (unpaired) electrons. The highest BCUT2D eigenvalue weighted by Gasteiger charge is 2.22. The van der Waals surface area contributed by atoms with E-state index in [-0.39, 0.29) is 42.6 Å². The topological polar surface area (TPSA) is 53.2 Å². The average Bonchev–Trinajstić information content (AvgIpc) is 2.50. The van der Waals surface area contributed by atoms with Crippen LogP contribution >= 0.6 is 24.8 Å². The molecule has 2 unspecified atom stereocenters. The van der Waals surface area contributed by atoms with Gasteiger partial charge >= 0.3 is 0 Å². The molecule has 0 aliphatic carbocycles. The molecule has 1 aromatic carbocycles. The Hall–Kier alpha value is -1.04. The van der Waals surface area contributed by atoms with E-state index in [1.54, 1.807) is 6.07 Å². The molecule has 1 fully saturated rings. The van der Waals surface area contributed by atoms with Crippen LogP contribution in [0.4, 0.5) is 15.8 Å². The van der Waals surface area contributed by atoms with Crippen molar-refractivity contribution in [2.75, 3.05) is 23.7 Å². The summed E-state index contributed by atoms with van der Waals surface area (Å²) in [6.07, 6.45) is 2.80. The molecule has 0 bridgehead atoms. The number of anilines is 2. The first-order valence-electron chi connectivity index (χ1n) is 8.52. The van der Waals surface area contributed by atoms with E-state index in [0.717, 1.165) is 18.8 Å². The zero-order valence-corrected chi connectivity index (χ0v) is 16.7. The van der Waals surface area contributed by atoms with Crippen molar-refractivity contribution < 1.29 is 9.18 Å². The van der Waals surface area contributed by atoms with E-state index in [1.807, 2.05) is 13.8 Å². The first-order valence-corrected chi connectivity index (χ1v) is 8.52. The van der Waals surface area contributed by atoms with Gasteiger partial charge in [0.05, 0.1) is 11.4 Å². The Labute approximate surface area is 162 Å². The predicted octanol–water partition coefficient (Wildman–Crippen LogP) is 4.45. The molecule has 7 heteroatoms. The third-order valence-electron chi connectivity index (χ3n) is 4.35. The first kappa shape index (κ1) is 24.0. The van der Waals surface area contributed by atoms with Crippen LogP contribution in [0.15, 0.2) is 18.2 Å². The van der Waals surface area contributed by atoms with Gasteiger partial charge in [0, 0.05) is 12.5 Å². The zero-order valence-electron chi connectivity index (χ0n) is 15.1. The van der Waals surface area contributed by atoms with Gasteiger partial charge in [0.2, 0.25) is 5.91 Å². The summed E-state index contributed by atoms with van der Waals surface area (Å²) in [4.78, 5) is 12.3. The van der Waals surface area contributed by atoms with Gasteiger partial charge < -0.3 is 16.0 Å². The summed E-state index contributed by atoms with van der Waals surface area (Å²) >= 11 is 0. The minimum absolute atomic E-state index is 0. The number of piperidine rings is 1. The first-order chi connectivity index (χ1) is 11.0. The fraction of sp³-hybridized carbons (Fsp3) is 0.611. The summed E-state index contributed by atoms with van der Waals surface area (Å²) in [5.74, 6) is 0.452. The number of rotatable bonds is 6. The summed E-state index contributed by atoms with van der Waals surface area (Å²) < 4.78 is 13.5. The van der Waals surface area contributed by atoms with Crippen molar-refractivity contribution in [2.45, 2.75) is 46.1 Å². The summed E-state index contributed by atoms with van der Waals surface area (Å²) in [6.45, 7) is 8.19. The van der Waals surface area contributed by atoms with Crippen molar-refractivity contribution in [2.24, 2.45) is 11.8 Å². The number of hydrogen-bond donors (Lipinski definition) is 3. The number of carbonyl (C=O) groups excluding carboxylic acids is 1. The summed E-state index contributed by atoms with van der Waals surface area (Å²) in [7, 11) is 0. The van der Waals surface area contributed by atoms with E-state index in [4.69, 9.17) is 0 Å². The van der Waals surface area contributed by atoms with Crippen LogP contribution in [0.2, 0.25) is 0 Å². The molecule has 25 heavy (non-hydrogen) atoms. The van der Waals surface area contributed by atoms with Gasteiger partial charge in [-0.15, -0.1) is 24.8 Å². The maximum absolute atomic E-state index is 13.5. The SMILES string of the molecule is CC(C)Nc1ccc(F)cc1NC(=O)CC(C)C1CCCNC1.Cl.Cl. The third kappa shape index (κ3) is 7.80. The Morgan fingerprint density at radius 1 is 1.28 bits per heavy atom. The van der Waals surface area contributed by atoms with Crippen molar-refractivity contribution in [3.8, 4) is 0 Å². The van der Waals surface area contributed by atoms with E-state index in [1.165, 1.54) is 25.0 Å². The smallest absolute Gasteiger partial charge is 0.224 e. The van der Waals surface area contributed by atoms with Gasteiger partial charge in [0.25, 0.3) is 0 Å². The van der Waals surface area contributed by atoms with Crippen LogP contribution in [0.5, 0.6) is 0 Å². The summed E-state index contributed by atoms with van der Waals surface area (Å²) in [5.41, 5.74) is 1.26. The Kier molecular flexibility index (Phi) is 11.1. The molecule has 1 heterocycles. The van der Waals surface area contributed by atoms with Gasteiger partial charge in [-0.25, -0.2) is 4.39 Å². The normalized spacial score (nSPS) is 17.9. The highest BCUT2D eigenvalue weighted by Crippen LogP contribution is 2.26. The van der Waals surface area contributed by atoms with Crippen molar-refractivity contribution >= 4 is 42.1 Å². The molecule has 0 aromatic heterocycles. The van der Waals surface area contributed by atoms with Gasteiger partial charge in [0.15, 0.2) is 0 Å².